The van der Waals surface area contributed by atoms with Gasteiger partial charge >= 0.3 is 0 Å². The monoisotopic (exact) mass is 397 g/mol. The van der Waals surface area contributed by atoms with Crippen molar-refractivity contribution in [3.8, 4) is 11.5 Å². The molecule has 146 valence electrons. The lowest BCUT2D eigenvalue weighted by Gasteiger charge is -2.12. The third-order valence-corrected chi connectivity index (χ3v) is 5.11. The predicted octanol–water partition coefficient (Wildman–Crippen LogP) is 4.50. The molecule has 0 radical (unpaired) electrons. The molecule has 0 bridgehead atoms. The smallest absolute Gasteiger partial charge is 0.234 e. The van der Waals surface area contributed by atoms with Crippen LogP contribution in [0.15, 0.2) is 47.5 Å². The molecule has 2 aromatic carbocycles. The molecule has 0 aliphatic carbocycles. The van der Waals surface area contributed by atoms with Crippen molar-refractivity contribution in [1.82, 2.24) is 9.97 Å². The molecule has 3 aromatic rings. The summed E-state index contributed by atoms with van der Waals surface area (Å²) in [5, 5.41) is 4.64. The van der Waals surface area contributed by atoms with E-state index in [1.807, 2.05) is 24.3 Å². The van der Waals surface area contributed by atoms with Crippen LogP contribution in [0.3, 0.4) is 0 Å². The highest BCUT2D eigenvalue weighted by atomic mass is 32.2. The number of anilines is 1. The van der Waals surface area contributed by atoms with E-state index in [9.17, 15) is 4.79 Å². The van der Waals surface area contributed by atoms with E-state index in [-0.39, 0.29) is 17.6 Å². The van der Waals surface area contributed by atoms with Crippen LogP contribution in [-0.4, -0.2) is 35.8 Å². The molecule has 1 heterocycles. The SMILES string of the molecule is COc1ccc(OC)c(NC(=O)CSc2nc(C(C)C)nc3ccccc23)c1. The van der Waals surface area contributed by atoms with Gasteiger partial charge in [0.25, 0.3) is 0 Å². The Morgan fingerprint density at radius 3 is 2.61 bits per heavy atom. The zero-order valence-corrected chi connectivity index (χ0v) is 17.2. The van der Waals surface area contributed by atoms with Crippen molar-refractivity contribution in [2.75, 3.05) is 25.3 Å². The summed E-state index contributed by atoms with van der Waals surface area (Å²) in [5.74, 6) is 2.28. The fraction of sp³-hybridized carbons (Fsp3) is 0.286. The maximum absolute atomic E-state index is 12.5. The first-order valence-electron chi connectivity index (χ1n) is 8.93. The first-order chi connectivity index (χ1) is 13.5. The molecular weight excluding hydrogens is 374 g/mol. The lowest BCUT2D eigenvalue weighted by Crippen LogP contribution is -2.15. The molecule has 28 heavy (non-hydrogen) atoms. The van der Waals surface area contributed by atoms with E-state index in [1.165, 1.54) is 11.8 Å². The van der Waals surface area contributed by atoms with Gasteiger partial charge in [-0.2, -0.15) is 0 Å². The summed E-state index contributed by atoms with van der Waals surface area (Å²) in [4.78, 5) is 21.8. The van der Waals surface area contributed by atoms with Crippen LogP contribution in [0.25, 0.3) is 10.9 Å². The first-order valence-corrected chi connectivity index (χ1v) is 9.91. The number of hydrogen-bond acceptors (Lipinski definition) is 6. The summed E-state index contributed by atoms with van der Waals surface area (Å²) >= 11 is 1.40. The van der Waals surface area contributed by atoms with E-state index in [4.69, 9.17) is 9.47 Å². The number of fused-ring (bicyclic) bond motifs is 1. The van der Waals surface area contributed by atoms with E-state index < -0.39 is 0 Å². The number of nitrogens with one attached hydrogen (secondary N) is 1. The lowest BCUT2D eigenvalue weighted by molar-refractivity contribution is -0.113. The highest BCUT2D eigenvalue weighted by Gasteiger charge is 2.14. The van der Waals surface area contributed by atoms with Gasteiger partial charge in [-0.1, -0.05) is 43.8 Å². The van der Waals surface area contributed by atoms with E-state index in [2.05, 4.69) is 29.1 Å². The Hall–Kier alpha value is -2.80. The normalized spacial score (nSPS) is 10.9. The van der Waals surface area contributed by atoms with Crippen molar-refractivity contribution < 1.29 is 14.3 Å². The van der Waals surface area contributed by atoms with Gasteiger partial charge < -0.3 is 14.8 Å². The molecule has 0 saturated heterocycles. The summed E-state index contributed by atoms with van der Waals surface area (Å²) in [5.41, 5.74) is 1.46. The van der Waals surface area contributed by atoms with Crippen LogP contribution in [0.1, 0.15) is 25.6 Å². The standard InChI is InChI=1S/C21H23N3O3S/c1-13(2)20-23-16-8-6-5-7-15(16)21(24-20)28-12-19(25)22-17-11-14(26-3)9-10-18(17)27-4/h5-11,13H,12H2,1-4H3,(H,22,25). The molecule has 6 nitrogen and oxygen atoms in total. The number of carbonyl (C=O) groups is 1. The highest BCUT2D eigenvalue weighted by Crippen LogP contribution is 2.30. The van der Waals surface area contributed by atoms with Gasteiger partial charge in [-0.3, -0.25) is 4.79 Å². The lowest BCUT2D eigenvalue weighted by atomic mass is 10.2. The number of aromatic nitrogens is 2. The number of thioether (sulfide) groups is 1. The highest BCUT2D eigenvalue weighted by molar-refractivity contribution is 8.00. The van der Waals surface area contributed by atoms with E-state index in [0.29, 0.717) is 17.2 Å². The van der Waals surface area contributed by atoms with Crippen molar-refractivity contribution in [2.45, 2.75) is 24.8 Å². The van der Waals surface area contributed by atoms with Crippen LogP contribution in [0, 0.1) is 0 Å². The first kappa shape index (κ1) is 19.9. The van der Waals surface area contributed by atoms with Crippen LogP contribution in [0.2, 0.25) is 0 Å². The molecular formula is C21H23N3O3S. The molecule has 3 rings (SSSR count). The van der Waals surface area contributed by atoms with Gasteiger partial charge in [0, 0.05) is 17.4 Å². The molecule has 0 aliphatic rings. The van der Waals surface area contributed by atoms with Gasteiger partial charge in [0.2, 0.25) is 5.91 Å². The summed E-state index contributed by atoms with van der Waals surface area (Å²) < 4.78 is 10.5. The predicted molar refractivity (Wildman–Crippen MR) is 113 cm³/mol. The quantitative estimate of drug-likeness (QED) is 0.467. The summed E-state index contributed by atoms with van der Waals surface area (Å²) in [6, 6.07) is 13.1. The van der Waals surface area contributed by atoms with Crippen LogP contribution in [0.4, 0.5) is 5.69 Å². The Balaban J connectivity index is 1.78. The second-order valence-corrected chi connectivity index (χ2v) is 7.43. The topological polar surface area (TPSA) is 73.3 Å². The fourth-order valence-electron chi connectivity index (χ4n) is 2.66. The van der Waals surface area contributed by atoms with Crippen molar-refractivity contribution in [1.29, 1.82) is 0 Å². The van der Waals surface area contributed by atoms with Gasteiger partial charge in [0.05, 0.1) is 31.2 Å². The Bertz CT molecular complexity index is 992. The summed E-state index contributed by atoms with van der Waals surface area (Å²) in [6.45, 7) is 4.11. The van der Waals surface area contributed by atoms with Crippen molar-refractivity contribution in [3.63, 3.8) is 0 Å². The zero-order chi connectivity index (χ0) is 20.1. The van der Waals surface area contributed by atoms with E-state index in [0.717, 1.165) is 21.8 Å². The molecule has 1 amide bonds. The number of para-hydroxylation sites is 1. The summed E-state index contributed by atoms with van der Waals surface area (Å²) in [7, 11) is 3.14. The third kappa shape index (κ3) is 4.54. The van der Waals surface area contributed by atoms with Gasteiger partial charge in [-0.25, -0.2) is 9.97 Å². The molecule has 1 N–H and O–H groups in total. The van der Waals surface area contributed by atoms with Crippen LogP contribution >= 0.6 is 11.8 Å². The number of rotatable bonds is 7. The van der Waals surface area contributed by atoms with Crippen molar-refractivity contribution in [2.24, 2.45) is 0 Å². The maximum atomic E-state index is 12.5. The average Bonchev–Trinajstić information content (AvgIpc) is 2.71. The summed E-state index contributed by atoms with van der Waals surface area (Å²) in [6.07, 6.45) is 0. The Labute approximate surface area is 168 Å². The minimum Gasteiger partial charge on any atom is -0.497 e. The number of methoxy groups -OCH3 is 2. The van der Waals surface area contributed by atoms with Crippen LogP contribution < -0.4 is 14.8 Å². The number of nitrogens with zero attached hydrogens (tertiary/aromatic N) is 2. The van der Waals surface area contributed by atoms with Gasteiger partial charge in [-0.15, -0.1) is 0 Å². The number of benzene rings is 2. The second kappa shape index (κ2) is 8.93. The Morgan fingerprint density at radius 2 is 1.89 bits per heavy atom. The minimum atomic E-state index is -0.148. The van der Waals surface area contributed by atoms with E-state index >= 15 is 0 Å². The number of ether oxygens (including phenoxy) is 2. The maximum Gasteiger partial charge on any atom is 0.234 e. The largest absolute Gasteiger partial charge is 0.497 e. The zero-order valence-electron chi connectivity index (χ0n) is 16.4. The number of amides is 1. The van der Waals surface area contributed by atoms with Gasteiger partial charge in [-0.05, 0) is 18.2 Å². The molecule has 0 aliphatic heterocycles. The van der Waals surface area contributed by atoms with Crippen molar-refractivity contribution >= 4 is 34.3 Å². The average molecular weight is 398 g/mol. The van der Waals surface area contributed by atoms with E-state index in [1.54, 1.807) is 32.4 Å². The molecule has 0 spiro atoms. The number of hydrogen-bond donors (Lipinski definition) is 1. The molecule has 7 heteroatoms. The van der Waals surface area contributed by atoms with Gasteiger partial charge in [0.1, 0.15) is 22.3 Å². The third-order valence-electron chi connectivity index (χ3n) is 4.12. The Kier molecular flexibility index (Phi) is 6.36. The molecule has 0 atom stereocenters. The minimum absolute atomic E-state index is 0.148. The van der Waals surface area contributed by atoms with Gasteiger partial charge in [0.15, 0.2) is 0 Å². The molecule has 0 saturated carbocycles. The molecule has 0 fully saturated rings. The fourth-order valence-corrected chi connectivity index (χ4v) is 3.49. The molecule has 1 aromatic heterocycles. The second-order valence-electron chi connectivity index (χ2n) is 6.46. The molecule has 0 unspecified atom stereocenters. The van der Waals surface area contributed by atoms with Crippen molar-refractivity contribution in [3.05, 3.63) is 48.3 Å². The number of carbonyl (C=O) groups excluding carboxylic acids is 1. The van der Waals surface area contributed by atoms with Crippen LogP contribution in [0.5, 0.6) is 11.5 Å². The van der Waals surface area contributed by atoms with Crippen LogP contribution in [-0.2, 0) is 4.79 Å². The Morgan fingerprint density at radius 1 is 1.11 bits per heavy atom.